The zero-order valence-electron chi connectivity index (χ0n) is 6.95. The van der Waals surface area contributed by atoms with Crippen LogP contribution in [0.3, 0.4) is 0 Å². The molecule has 0 aliphatic carbocycles. The topological polar surface area (TPSA) is 38.7 Å². The van der Waals surface area contributed by atoms with Gasteiger partial charge >= 0.3 is 0 Å². The van der Waals surface area contributed by atoms with E-state index in [0.29, 0.717) is 19.8 Å². The summed E-state index contributed by atoms with van der Waals surface area (Å²) in [6, 6.07) is 0. The van der Waals surface area contributed by atoms with Crippen molar-refractivity contribution in [3.05, 3.63) is 12.7 Å². The van der Waals surface area contributed by atoms with Gasteiger partial charge in [0.15, 0.2) is 0 Å². The van der Waals surface area contributed by atoms with Crippen molar-refractivity contribution in [2.24, 2.45) is 0 Å². The predicted octanol–water partition coefficient (Wildman–Crippen LogP) is 0.586. The summed E-state index contributed by atoms with van der Waals surface area (Å²) in [7, 11) is 0. The van der Waals surface area contributed by atoms with Crippen LogP contribution >= 0.6 is 0 Å². The lowest BCUT2D eigenvalue weighted by atomic mass is 10.4. The summed E-state index contributed by atoms with van der Waals surface area (Å²) in [5.41, 5.74) is 0. The van der Waals surface area contributed by atoms with Crippen molar-refractivity contribution >= 4 is 0 Å². The second-order valence-electron chi connectivity index (χ2n) is 2.15. The van der Waals surface area contributed by atoms with Crippen LogP contribution in [0.25, 0.3) is 0 Å². The van der Waals surface area contributed by atoms with E-state index in [-0.39, 0.29) is 12.7 Å². The quantitative estimate of drug-likeness (QED) is 0.437. The van der Waals surface area contributed by atoms with Gasteiger partial charge in [0.1, 0.15) is 0 Å². The Morgan fingerprint density at radius 1 is 1.45 bits per heavy atom. The zero-order chi connectivity index (χ0) is 8.53. The average Bonchev–Trinajstić information content (AvgIpc) is 2.04. The van der Waals surface area contributed by atoms with Crippen LogP contribution in [0.5, 0.6) is 0 Å². The molecule has 0 amide bonds. The molecule has 11 heavy (non-hydrogen) atoms. The molecule has 1 atom stereocenters. The van der Waals surface area contributed by atoms with Gasteiger partial charge in [-0.15, -0.1) is 6.58 Å². The Morgan fingerprint density at radius 2 is 2.18 bits per heavy atom. The molecule has 0 bridgehead atoms. The molecule has 0 saturated heterocycles. The molecule has 0 rings (SSSR count). The van der Waals surface area contributed by atoms with Crippen molar-refractivity contribution in [3.63, 3.8) is 0 Å². The van der Waals surface area contributed by atoms with E-state index in [1.54, 1.807) is 6.08 Å². The SMILES string of the molecule is C=CC(C)OCCOCCO. The minimum absolute atomic E-state index is 0.0665. The Bertz CT molecular complexity index is 93.3. The number of ether oxygens (including phenoxy) is 2. The fraction of sp³-hybridized carbons (Fsp3) is 0.750. The zero-order valence-corrected chi connectivity index (χ0v) is 6.95. The van der Waals surface area contributed by atoms with Crippen LogP contribution in [0.4, 0.5) is 0 Å². The van der Waals surface area contributed by atoms with Crippen LogP contribution < -0.4 is 0 Å². The highest BCUT2D eigenvalue weighted by Gasteiger charge is 1.93. The van der Waals surface area contributed by atoms with Gasteiger partial charge in [-0.05, 0) is 6.92 Å². The van der Waals surface area contributed by atoms with Crippen LogP contribution in [0.2, 0.25) is 0 Å². The van der Waals surface area contributed by atoms with E-state index in [1.807, 2.05) is 6.92 Å². The fourth-order valence-electron chi connectivity index (χ4n) is 0.528. The largest absolute Gasteiger partial charge is 0.394 e. The summed E-state index contributed by atoms with van der Waals surface area (Å²) in [4.78, 5) is 0. The third kappa shape index (κ3) is 7.52. The molecule has 1 N–H and O–H groups in total. The van der Waals surface area contributed by atoms with Gasteiger partial charge in [0, 0.05) is 0 Å². The molecule has 0 spiro atoms. The number of aliphatic hydroxyl groups is 1. The molecule has 3 nitrogen and oxygen atoms in total. The molecule has 3 heteroatoms. The van der Waals surface area contributed by atoms with Crippen molar-refractivity contribution in [1.82, 2.24) is 0 Å². The van der Waals surface area contributed by atoms with Crippen molar-refractivity contribution in [2.45, 2.75) is 13.0 Å². The van der Waals surface area contributed by atoms with Gasteiger partial charge in [0.05, 0.1) is 32.5 Å². The van der Waals surface area contributed by atoms with Crippen molar-refractivity contribution < 1.29 is 14.6 Å². The molecule has 0 aliphatic heterocycles. The number of rotatable bonds is 7. The van der Waals surface area contributed by atoms with Crippen molar-refractivity contribution in [1.29, 1.82) is 0 Å². The number of aliphatic hydroxyl groups excluding tert-OH is 1. The molecule has 1 unspecified atom stereocenters. The van der Waals surface area contributed by atoms with Gasteiger partial charge in [-0.2, -0.15) is 0 Å². The monoisotopic (exact) mass is 160 g/mol. The smallest absolute Gasteiger partial charge is 0.0726 e. The third-order valence-electron chi connectivity index (χ3n) is 1.18. The maximum Gasteiger partial charge on any atom is 0.0726 e. The first-order valence-electron chi connectivity index (χ1n) is 3.74. The summed E-state index contributed by atoms with van der Waals surface area (Å²) >= 11 is 0. The van der Waals surface area contributed by atoms with Gasteiger partial charge in [-0.3, -0.25) is 0 Å². The summed E-state index contributed by atoms with van der Waals surface area (Å²) in [6.45, 7) is 7.01. The van der Waals surface area contributed by atoms with E-state index in [4.69, 9.17) is 14.6 Å². The van der Waals surface area contributed by atoms with Crippen LogP contribution in [0.1, 0.15) is 6.92 Å². The van der Waals surface area contributed by atoms with E-state index in [0.717, 1.165) is 0 Å². The van der Waals surface area contributed by atoms with E-state index in [2.05, 4.69) is 6.58 Å². The minimum Gasteiger partial charge on any atom is -0.394 e. The van der Waals surface area contributed by atoms with Crippen LogP contribution in [-0.4, -0.2) is 37.6 Å². The fourth-order valence-corrected chi connectivity index (χ4v) is 0.528. The van der Waals surface area contributed by atoms with E-state index in [9.17, 15) is 0 Å². The minimum atomic E-state index is 0.0665. The highest BCUT2D eigenvalue weighted by atomic mass is 16.5. The first-order chi connectivity index (χ1) is 5.31. The normalized spacial score (nSPS) is 12.9. The second-order valence-corrected chi connectivity index (χ2v) is 2.15. The molecule has 0 fully saturated rings. The van der Waals surface area contributed by atoms with Gasteiger partial charge in [-0.25, -0.2) is 0 Å². The third-order valence-corrected chi connectivity index (χ3v) is 1.18. The summed E-state index contributed by atoms with van der Waals surface area (Å²) in [6.07, 6.45) is 1.80. The number of hydrogen-bond acceptors (Lipinski definition) is 3. The highest BCUT2D eigenvalue weighted by Crippen LogP contribution is 1.89. The lowest BCUT2D eigenvalue weighted by Crippen LogP contribution is -2.11. The highest BCUT2D eigenvalue weighted by molar-refractivity contribution is 4.74. The van der Waals surface area contributed by atoms with Crippen LogP contribution in [0.15, 0.2) is 12.7 Å². The molecule has 0 aromatic carbocycles. The molecular formula is C8H16O3. The van der Waals surface area contributed by atoms with Crippen LogP contribution in [0, 0.1) is 0 Å². The standard InChI is InChI=1S/C8H16O3/c1-3-8(2)11-7-6-10-5-4-9/h3,8-9H,1,4-7H2,2H3. The van der Waals surface area contributed by atoms with E-state index in [1.165, 1.54) is 0 Å². The van der Waals surface area contributed by atoms with Gasteiger partial charge in [0.25, 0.3) is 0 Å². The Labute approximate surface area is 67.6 Å². The first kappa shape index (κ1) is 10.6. The Hall–Kier alpha value is -0.380. The second kappa shape index (κ2) is 7.72. The van der Waals surface area contributed by atoms with E-state index >= 15 is 0 Å². The molecular weight excluding hydrogens is 144 g/mol. The molecule has 0 radical (unpaired) electrons. The van der Waals surface area contributed by atoms with Crippen molar-refractivity contribution in [3.8, 4) is 0 Å². The molecule has 0 heterocycles. The van der Waals surface area contributed by atoms with Crippen LogP contribution in [-0.2, 0) is 9.47 Å². The molecule has 0 aromatic heterocycles. The lowest BCUT2D eigenvalue weighted by Gasteiger charge is -2.07. The average molecular weight is 160 g/mol. The number of hydrogen-bond donors (Lipinski definition) is 1. The maximum absolute atomic E-state index is 8.34. The lowest BCUT2D eigenvalue weighted by molar-refractivity contribution is 0.0187. The Kier molecular flexibility index (Phi) is 7.46. The van der Waals surface area contributed by atoms with E-state index < -0.39 is 0 Å². The predicted molar refractivity (Wildman–Crippen MR) is 43.5 cm³/mol. The Balaban J connectivity index is 2.95. The van der Waals surface area contributed by atoms with Gasteiger partial charge in [-0.1, -0.05) is 6.08 Å². The van der Waals surface area contributed by atoms with Gasteiger partial charge < -0.3 is 14.6 Å². The molecule has 0 aromatic rings. The first-order valence-corrected chi connectivity index (χ1v) is 3.74. The van der Waals surface area contributed by atoms with Gasteiger partial charge in [0.2, 0.25) is 0 Å². The maximum atomic E-state index is 8.34. The molecule has 66 valence electrons. The molecule has 0 saturated carbocycles. The summed E-state index contributed by atoms with van der Waals surface area (Å²) < 4.78 is 10.2. The van der Waals surface area contributed by atoms with Crippen molar-refractivity contribution in [2.75, 3.05) is 26.4 Å². The Morgan fingerprint density at radius 3 is 2.73 bits per heavy atom. The molecule has 0 aliphatic rings. The summed E-state index contributed by atoms with van der Waals surface area (Å²) in [5.74, 6) is 0. The summed E-state index contributed by atoms with van der Waals surface area (Å²) in [5, 5.41) is 8.34.